The van der Waals surface area contributed by atoms with Crippen LogP contribution in [0.3, 0.4) is 0 Å². The molecular weight excluding hydrogens is 134 g/mol. The van der Waals surface area contributed by atoms with Crippen molar-refractivity contribution in [1.29, 1.82) is 0 Å². The highest BCUT2D eigenvalue weighted by Crippen LogP contribution is 2.12. The maximum Gasteiger partial charge on any atom is 0.0857 e. The number of rotatable bonds is 5. The summed E-state index contributed by atoms with van der Waals surface area (Å²) in [6.45, 7) is 8.20. The van der Waals surface area contributed by atoms with Crippen molar-refractivity contribution in [1.82, 2.24) is 0 Å². The average Bonchev–Trinajstić information content (AvgIpc) is 1.88. The summed E-state index contributed by atoms with van der Waals surface area (Å²) in [5, 5.41) is 0. The topological polar surface area (TPSA) is 0 Å². The van der Waals surface area contributed by atoms with Gasteiger partial charge < -0.3 is 4.48 Å². The van der Waals surface area contributed by atoms with E-state index in [1.54, 1.807) is 0 Å². The summed E-state index contributed by atoms with van der Waals surface area (Å²) in [7, 11) is 4.67. The maximum atomic E-state index is 2.36. The SMILES string of the molecule is CCCC(C)[N+](C)(C)CCC. The van der Waals surface area contributed by atoms with Crippen LogP contribution in [0.4, 0.5) is 0 Å². The molecule has 0 saturated carbocycles. The van der Waals surface area contributed by atoms with Crippen molar-refractivity contribution < 1.29 is 4.48 Å². The highest BCUT2D eigenvalue weighted by molar-refractivity contribution is 4.49. The molecule has 1 unspecified atom stereocenters. The van der Waals surface area contributed by atoms with Gasteiger partial charge in [0, 0.05) is 0 Å². The summed E-state index contributed by atoms with van der Waals surface area (Å²) >= 11 is 0. The van der Waals surface area contributed by atoms with Crippen LogP contribution in [-0.4, -0.2) is 31.2 Å². The monoisotopic (exact) mass is 158 g/mol. The lowest BCUT2D eigenvalue weighted by molar-refractivity contribution is -0.913. The van der Waals surface area contributed by atoms with Crippen LogP contribution in [0.25, 0.3) is 0 Å². The Balaban J connectivity index is 3.83. The van der Waals surface area contributed by atoms with E-state index in [0.29, 0.717) is 0 Å². The van der Waals surface area contributed by atoms with Gasteiger partial charge in [0.1, 0.15) is 0 Å². The molecule has 0 N–H and O–H groups in total. The Morgan fingerprint density at radius 1 is 1.09 bits per heavy atom. The van der Waals surface area contributed by atoms with Crippen LogP contribution in [0.2, 0.25) is 0 Å². The van der Waals surface area contributed by atoms with Gasteiger partial charge in [0.2, 0.25) is 0 Å². The van der Waals surface area contributed by atoms with E-state index in [1.165, 1.54) is 30.3 Å². The third kappa shape index (κ3) is 3.76. The predicted molar refractivity (Wildman–Crippen MR) is 51.6 cm³/mol. The lowest BCUT2D eigenvalue weighted by Gasteiger charge is -2.36. The van der Waals surface area contributed by atoms with Gasteiger partial charge in [0.25, 0.3) is 0 Å². The van der Waals surface area contributed by atoms with E-state index >= 15 is 0 Å². The molecule has 1 atom stereocenters. The molecule has 0 aliphatic carbocycles. The quantitative estimate of drug-likeness (QED) is 0.540. The summed E-state index contributed by atoms with van der Waals surface area (Å²) in [6.07, 6.45) is 3.96. The first kappa shape index (κ1) is 11.0. The third-order valence-electron chi connectivity index (χ3n) is 2.70. The predicted octanol–water partition coefficient (Wildman–Crippen LogP) is 2.66. The van der Waals surface area contributed by atoms with E-state index in [4.69, 9.17) is 0 Å². The summed E-state index contributed by atoms with van der Waals surface area (Å²) in [6, 6.07) is 0.819. The summed E-state index contributed by atoms with van der Waals surface area (Å²) < 4.78 is 1.18. The van der Waals surface area contributed by atoms with Gasteiger partial charge in [-0.1, -0.05) is 20.3 Å². The van der Waals surface area contributed by atoms with Gasteiger partial charge in [-0.25, -0.2) is 0 Å². The number of hydrogen-bond donors (Lipinski definition) is 0. The van der Waals surface area contributed by atoms with Crippen LogP contribution in [-0.2, 0) is 0 Å². The number of nitrogens with zero attached hydrogens (tertiary/aromatic N) is 1. The standard InChI is InChI=1S/C10H24N/c1-6-8-10(3)11(4,5)9-7-2/h10H,6-9H2,1-5H3/q+1. The third-order valence-corrected chi connectivity index (χ3v) is 2.70. The molecule has 0 rings (SSSR count). The van der Waals surface area contributed by atoms with Crippen molar-refractivity contribution in [3.8, 4) is 0 Å². The molecule has 0 fully saturated rings. The summed E-state index contributed by atoms with van der Waals surface area (Å²) in [5.41, 5.74) is 0. The zero-order valence-electron chi connectivity index (χ0n) is 8.85. The maximum absolute atomic E-state index is 2.36. The number of quaternary nitrogens is 1. The minimum absolute atomic E-state index is 0.819. The van der Waals surface area contributed by atoms with Gasteiger partial charge in [0.05, 0.1) is 26.7 Å². The van der Waals surface area contributed by atoms with E-state index in [0.717, 1.165) is 6.04 Å². The summed E-state index contributed by atoms with van der Waals surface area (Å²) in [4.78, 5) is 0. The molecule has 0 aliphatic rings. The lowest BCUT2D eigenvalue weighted by atomic mass is 10.1. The van der Waals surface area contributed by atoms with E-state index < -0.39 is 0 Å². The Hall–Kier alpha value is -0.0400. The second-order valence-corrected chi connectivity index (χ2v) is 4.14. The van der Waals surface area contributed by atoms with Crippen LogP contribution in [0.1, 0.15) is 40.0 Å². The van der Waals surface area contributed by atoms with Crippen molar-refractivity contribution in [2.75, 3.05) is 20.6 Å². The van der Waals surface area contributed by atoms with E-state index in [2.05, 4.69) is 34.9 Å². The van der Waals surface area contributed by atoms with Crippen molar-refractivity contribution in [3.05, 3.63) is 0 Å². The number of hydrogen-bond acceptors (Lipinski definition) is 0. The van der Waals surface area contributed by atoms with E-state index in [9.17, 15) is 0 Å². The van der Waals surface area contributed by atoms with Gasteiger partial charge >= 0.3 is 0 Å². The lowest BCUT2D eigenvalue weighted by Crippen LogP contribution is -2.47. The van der Waals surface area contributed by atoms with Gasteiger partial charge in [0.15, 0.2) is 0 Å². The molecular formula is C10H24N+. The van der Waals surface area contributed by atoms with Crippen LogP contribution < -0.4 is 0 Å². The van der Waals surface area contributed by atoms with E-state index in [1.807, 2.05) is 0 Å². The van der Waals surface area contributed by atoms with Crippen molar-refractivity contribution >= 4 is 0 Å². The first-order chi connectivity index (χ1) is 5.04. The summed E-state index contributed by atoms with van der Waals surface area (Å²) in [5.74, 6) is 0. The molecule has 1 nitrogen and oxygen atoms in total. The second-order valence-electron chi connectivity index (χ2n) is 4.14. The molecule has 0 spiro atoms. The highest BCUT2D eigenvalue weighted by atomic mass is 15.3. The Bertz CT molecular complexity index is 97.0. The minimum Gasteiger partial charge on any atom is -0.326 e. The molecule has 0 saturated heterocycles. The Kier molecular flexibility index (Phi) is 4.74. The molecule has 0 aliphatic heterocycles. The normalized spacial score (nSPS) is 15.0. The molecule has 11 heavy (non-hydrogen) atoms. The molecule has 0 bridgehead atoms. The van der Waals surface area contributed by atoms with Gasteiger partial charge in [-0.2, -0.15) is 0 Å². The van der Waals surface area contributed by atoms with Crippen LogP contribution in [0.5, 0.6) is 0 Å². The molecule has 68 valence electrons. The average molecular weight is 158 g/mol. The van der Waals surface area contributed by atoms with Crippen LogP contribution in [0, 0.1) is 0 Å². The minimum atomic E-state index is 0.819. The van der Waals surface area contributed by atoms with Gasteiger partial charge in [-0.15, -0.1) is 0 Å². The molecule has 0 amide bonds. The molecule has 0 aromatic rings. The van der Waals surface area contributed by atoms with Crippen LogP contribution >= 0.6 is 0 Å². The van der Waals surface area contributed by atoms with E-state index in [-0.39, 0.29) is 0 Å². The molecule has 0 radical (unpaired) electrons. The molecule has 0 aromatic heterocycles. The second kappa shape index (κ2) is 4.76. The Morgan fingerprint density at radius 2 is 1.64 bits per heavy atom. The fourth-order valence-electron chi connectivity index (χ4n) is 1.56. The Labute approximate surface area is 72.0 Å². The molecule has 1 heteroatoms. The van der Waals surface area contributed by atoms with Crippen molar-refractivity contribution in [3.63, 3.8) is 0 Å². The zero-order chi connectivity index (χ0) is 8.91. The van der Waals surface area contributed by atoms with Gasteiger partial charge in [-0.3, -0.25) is 0 Å². The molecule has 0 aromatic carbocycles. The zero-order valence-corrected chi connectivity index (χ0v) is 8.85. The van der Waals surface area contributed by atoms with Crippen molar-refractivity contribution in [2.45, 2.75) is 46.1 Å². The highest BCUT2D eigenvalue weighted by Gasteiger charge is 2.21. The smallest absolute Gasteiger partial charge is 0.0857 e. The Morgan fingerprint density at radius 3 is 2.00 bits per heavy atom. The fraction of sp³-hybridized carbons (Fsp3) is 1.00. The first-order valence-electron chi connectivity index (χ1n) is 4.87. The van der Waals surface area contributed by atoms with Crippen molar-refractivity contribution in [2.24, 2.45) is 0 Å². The largest absolute Gasteiger partial charge is 0.326 e. The first-order valence-corrected chi connectivity index (χ1v) is 4.87. The molecule has 0 heterocycles. The van der Waals surface area contributed by atoms with Gasteiger partial charge in [-0.05, 0) is 19.8 Å². The van der Waals surface area contributed by atoms with Crippen LogP contribution in [0.15, 0.2) is 0 Å². The fourth-order valence-corrected chi connectivity index (χ4v) is 1.56.